The topological polar surface area (TPSA) is 61.8 Å². The van der Waals surface area contributed by atoms with Crippen LogP contribution in [0.2, 0.25) is 0 Å². The summed E-state index contributed by atoms with van der Waals surface area (Å²) in [6.45, 7) is 4.71. The maximum Gasteiger partial charge on any atom is 0.220 e. The molecular formula is C19H28N2O3. The van der Waals surface area contributed by atoms with Gasteiger partial charge in [0.2, 0.25) is 5.91 Å². The van der Waals surface area contributed by atoms with Crippen molar-refractivity contribution in [2.75, 3.05) is 26.2 Å². The van der Waals surface area contributed by atoms with Crippen molar-refractivity contribution in [3.05, 3.63) is 29.8 Å². The molecule has 2 aliphatic rings. The van der Waals surface area contributed by atoms with Gasteiger partial charge in [-0.05, 0) is 44.0 Å². The number of hydrogen-bond acceptors (Lipinski definition) is 4. The second-order valence-corrected chi connectivity index (χ2v) is 7.11. The summed E-state index contributed by atoms with van der Waals surface area (Å²) in [5.41, 5.74) is 1.15. The normalized spacial score (nSPS) is 26.2. The van der Waals surface area contributed by atoms with Crippen LogP contribution < -0.4 is 10.1 Å². The Hall–Kier alpha value is -1.59. The number of amides is 1. The molecule has 3 rings (SSSR count). The third-order valence-corrected chi connectivity index (χ3v) is 5.09. The lowest BCUT2D eigenvalue weighted by atomic mass is 9.89. The Labute approximate surface area is 144 Å². The van der Waals surface area contributed by atoms with Crippen molar-refractivity contribution in [1.82, 2.24) is 10.2 Å². The first-order chi connectivity index (χ1) is 11.6. The molecule has 2 aliphatic heterocycles. The highest BCUT2D eigenvalue weighted by atomic mass is 16.5. The van der Waals surface area contributed by atoms with Crippen molar-refractivity contribution >= 4 is 5.91 Å². The van der Waals surface area contributed by atoms with E-state index in [0.717, 1.165) is 37.2 Å². The van der Waals surface area contributed by atoms with Crippen molar-refractivity contribution in [3.63, 3.8) is 0 Å². The van der Waals surface area contributed by atoms with Gasteiger partial charge in [-0.3, -0.25) is 9.69 Å². The number of likely N-dealkylation sites (tertiary alicyclic amines) is 1. The Balaban J connectivity index is 1.51. The number of aryl methyl sites for hydroxylation is 1. The molecule has 1 aromatic carbocycles. The molecule has 0 spiro atoms. The zero-order valence-corrected chi connectivity index (χ0v) is 14.4. The van der Waals surface area contributed by atoms with Gasteiger partial charge in [0.25, 0.3) is 0 Å². The average Bonchev–Trinajstić information content (AvgIpc) is 3.00. The van der Waals surface area contributed by atoms with E-state index >= 15 is 0 Å². The average molecular weight is 332 g/mol. The minimum Gasteiger partial charge on any atom is -0.491 e. The fourth-order valence-electron chi connectivity index (χ4n) is 3.90. The van der Waals surface area contributed by atoms with Crippen molar-refractivity contribution in [2.45, 2.75) is 44.8 Å². The molecular weight excluding hydrogens is 304 g/mol. The molecule has 2 N–H and O–H groups in total. The molecule has 1 amide bonds. The van der Waals surface area contributed by atoms with Gasteiger partial charge in [-0.25, -0.2) is 0 Å². The quantitative estimate of drug-likeness (QED) is 0.833. The highest BCUT2D eigenvalue weighted by Crippen LogP contribution is 2.27. The lowest BCUT2D eigenvalue weighted by molar-refractivity contribution is -0.119. The molecule has 0 aromatic heterocycles. The number of carbonyl (C=O) groups excluding carboxylic acids is 1. The van der Waals surface area contributed by atoms with Crippen LogP contribution in [0.4, 0.5) is 0 Å². The summed E-state index contributed by atoms with van der Waals surface area (Å²) in [5.74, 6) is 1.34. The van der Waals surface area contributed by atoms with Crippen LogP contribution in [0.5, 0.6) is 5.75 Å². The summed E-state index contributed by atoms with van der Waals surface area (Å²) >= 11 is 0. The molecule has 3 unspecified atom stereocenters. The summed E-state index contributed by atoms with van der Waals surface area (Å²) in [7, 11) is 0. The fourth-order valence-corrected chi connectivity index (χ4v) is 3.90. The molecule has 5 nitrogen and oxygen atoms in total. The molecule has 0 radical (unpaired) electrons. The van der Waals surface area contributed by atoms with Crippen LogP contribution in [0, 0.1) is 12.8 Å². The van der Waals surface area contributed by atoms with Crippen molar-refractivity contribution in [1.29, 1.82) is 0 Å². The Bertz CT molecular complexity index is 563. The van der Waals surface area contributed by atoms with E-state index in [1.807, 2.05) is 31.2 Å². The van der Waals surface area contributed by atoms with Crippen LogP contribution >= 0.6 is 0 Å². The predicted octanol–water partition coefficient (Wildman–Crippen LogP) is 1.73. The Morgan fingerprint density at radius 2 is 2.29 bits per heavy atom. The third kappa shape index (κ3) is 4.48. The zero-order chi connectivity index (χ0) is 16.9. The van der Waals surface area contributed by atoms with Crippen LogP contribution in [-0.4, -0.2) is 54.3 Å². The van der Waals surface area contributed by atoms with Gasteiger partial charge in [0.1, 0.15) is 18.5 Å². The second-order valence-electron chi connectivity index (χ2n) is 7.11. The summed E-state index contributed by atoms with van der Waals surface area (Å²) < 4.78 is 5.72. The number of aliphatic hydroxyl groups excluding tert-OH is 1. The first-order valence-corrected chi connectivity index (χ1v) is 9.00. The molecule has 0 saturated carbocycles. The fraction of sp³-hybridized carbons (Fsp3) is 0.632. The highest BCUT2D eigenvalue weighted by Gasteiger charge is 2.35. The molecule has 0 aliphatic carbocycles. The van der Waals surface area contributed by atoms with Crippen molar-refractivity contribution in [3.8, 4) is 5.75 Å². The number of nitrogens with one attached hydrogen (secondary N) is 1. The molecule has 1 aromatic rings. The number of rotatable bonds is 6. The minimum atomic E-state index is -0.517. The molecule has 3 atom stereocenters. The number of piperidine rings is 1. The Morgan fingerprint density at radius 1 is 1.42 bits per heavy atom. The lowest BCUT2D eigenvalue weighted by Gasteiger charge is -2.39. The van der Waals surface area contributed by atoms with E-state index in [1.165, 1.54) is 6.42 Å². The molecule has 24 heavy (non-hydrogen) atoms. The maximum absolute atomic E-state index is 11.5. The van der Waals surface area contributed by atoms with Crippen LogP contribution in [-0.2, 0) is 4.79 Å². The molecule has 5 heteroatoms. The summed E-state index contributed by atoms with van der Waals surface area (Å²) in [6.07, 6.45) is 3.59. The molecule has 0 bridgehead atoms. The maximum atomic E-state index is 11.5. The number of ether oxygens (including phenoxy) is 1. The number of β-amino-alcohol motifs (C(OH)–C–C–N with tert-alkyl or cyclic N) is 1. The van der Waals surface area contributed by atoms with Gasteiger partial charge in [-0.2, -0.15) is 0 Å². The molecule has 2 saturated heterocycles. The van der Waals surface area contributed by atoms with E-state index in [2.05, 4.69) is 10.2 Å². The van der Waals surface area contributed by atoms with E-state index in [0.29, 0.717) is 31.5 Å². The first kappa shape index (κ1) is 17.2. The third-order valence-electron chi connectivity index (χ3n) is 5.09. The highest BCUT2D eigenvalue weighted by molar-refractivity contribution is 5.78. The Morgan fingerprint density at radius 3 is 3.04 bits per heavy atom. The molecule has 2 heterocycles. The summed E-state index contributed by atoms with van der Waals surface area (Å²) in [4.78, 5) is 13.9. The van der Waals surface area contributed by atoms with Crippen LogP contribution in [0.1, 0.15) is 31.2 Å². The predicted molar refractivity (Wildman–Crippen MR) is 93.0 cm³/mol. The van der Waals surface area contributed by atoms with E-state index < -0.39 is 6.10 Å². The van der Waals surface area contributed by atoms with E-state index in [9.17, 15) is 9.90 Å². The monoisotopic (exact) mass is 332 g/mol. The largest absolute Gasteiger partial charge is 0.491 e. The molecule has 2 fully saturated rings. The number of benzene rings is 1. The number of aliphatic hydroxyl groups is 1. The minimum absolute atomic E-state index is 0.161. The SMILES string of the molecule is Cc1cccc(OCC(O)CN2CCCCC2C2CNC(=O)C2)c1. The van der Waals surface area contributed by atoms with Gasteiger partial charge >= 0.3 is 0 Å². The number of nitrogens with zero attached hydrogens (tertiary/aromatic N) is 1. The second kappa shape index (κ2) is 7.99. The van der Waals surface area contributed by atoms with E-state index in [-0.39, 0.29) is 5.91 Å². The van der Waals surface area contributed by atoms with Gasteiger partial charge < -0.3 is 15.2 Å². The summed E-state index contributed by atoms with van der Waals surface area (Å²) in [5, 5.41) is 13.3. The van der Waals surface area contributed by atoms with Crippen molar-refractivity contribution < 1.29 is 14.6 Å². The van der Waals surface area contributed by atoms with Gasteiger partial charge in [-0.15, -0.1) is 0 Å². The zero-order valence-electron chi connectivity index (χ0n) is 14.4. The lowest BCUT2D eigenvalue weighted by Crippen LogP contribution is -2.48. The van der Waals surface area contributed by atoms with Gasteiger partial charge in [0.15, 0.2) is 0 Å². The van der Waals surface area contributed by atoms with Crippen LogP contribution in [0.25, 0.3) is 0 Å². The van der Waals surface area contributed by atoms with Gasteiger partial charge in [-0.1, -0.05) is 18.6 Å². The van der Waals surface area contributed by atoms with Crippen molar-refractivity contribution in [2.24, 2.45) is 5.92 Å². The molecule has 132 valence electrons. The Kier molecular flexibility index (Phi) is 5.74. The van der Waals surface area contributed by atoms with Gasteiger partial charge in [0.05, 0.1) is 0 Å². The smallest absolute Gasteiger partial charge is 0.220 e. The van der Waals surface area contributed by atoms with Gasteiger partial charge in [0, 0.05) is 31.5 Å². The van der Waals surface area contributed by atoms with Crippen LogP contribution in [0.3, 0.4) is 0 Å². The van der Waals surface area contributed by atoms with E-state index in [1.54, 1.807) is 0 Å². The first-order valence-electron chi connectivity index (χ1n) is 9.00. The van der Waals surface area contributed by atoms with Crippen LogP contribution in [0.15, 0.2) is 24.3 Å². The number of carbonyl (C=O) groups is 1. The summed E-state index contributed by atoms with van der Waals surface area (Å²) in [6, 6.07) is 8.28. The standard InChI is InChI=1S/C19H28N2O3/c1-14-5-4-6-17(9-14)24-13-16(22)12-21-8-3-2-7-18(21)15-10-19(23)20-11-15/h4-6,9,15-16,18,22H,2-3,7-8,10-13H2,1H3,(H,20,23). The van der Waals surface area contributed by atoms with E-state index in [4.69, 9.17) is 4.74 Å². The number of hydrogen-bond donors (Lipinski definition) is 2.